The van der Waals surface area contributed by atoms with E-state index in [0.29, 0.717) is 37.0 Å². The van der Waals surface area contributed by atoms with Crippen LogP contribution in [0.1, 0.15) is 350 Å². The van der Waals surface area contributed by atoms with E-state index >= 15 is 0 Å². The van der Waals surface area contributed by atoms with Gasteiger partial charge in [-0.1, -0.05) is 311 Å². The molecule has 0 N–H and O–H groups in total. The molecule has 0 aliphatic carbocycles. The maximum absolute atomic E-state index is 10.2. The molecule has 0 heterocycles. The maximum Gasteiger partial charge on any atom is 6.00 e. The third-order valence-corrected chi connectivity index (χ3v) is 18.0. The number of hydrogen-bond acceptors (Lipinski definition) is 12. The summed E-state index contributed by atoms with van der Waals surface area (Å²) in [7, 11) is -14.6. The third-order valence-electron chi connectivity index (χ3n) is 13.4. The van der Waals surface area contributed by atoms with Gasteiger partial charge >= 0.3 is 21.1 Å². The van der Waals surface area contributed by atoms with Gasteiger partial charge in [0.1, 0.15) is 0 Å². The summed E-state index contributed by atoms with van der Waals surface area (Å²) in [5.41, 5.74) is 0. The Morgan fingerprint density at radius 2 is 0.241 bits per heavy atom. The van der Waals surface area contributed by atoms with Gasteiger partial charge < -0.3 is 56.8 Å². The smallest absolute Gasteiger partial charge is 0.802 e. The summed E-state index contributed by atoms with van der Waals surface area (Å²) in [6, 6.07) is 0. The summed E-state index contributed by atoms with van der Waals surface area (Å²) in [5.74, 6) is 0. The zero-order valence-corrected chi connectivity index (χ0v) is 60.5. The molecule has 0 saturated heterocycles. The molecule has 6 unspecified atom stereocenters. The minimum atomic E-state index is -2.44. The predicted octanol–water partition coefficient (Wildman–Crippen LogP) is 17.8. The summed E-state index contributed by atoms with van der Waals surface area (Å²) in [5, 5.41) is 0. The second kappa shape index (κ2) is 91.0. The van der Waals surface area contributed by atoms with Gasteiger partial charge in [-0.3, -0.25) is 0 Å². The Bertz CT molecular complexity index is 997. The molecule has 0 rings (SSSR count). The Morgan fingerprint density at radius 1 is 0.165 bits per heavy atom. The topological polar surface area (TPSA) is 241 Å². The van der Waals surface area contributed by atoms with E-state index in [9.17, 15) is 56.8 Å². The van der Waals surface area contributed by atoms with Crippen LogP contribution in [0.4, 0.5) is 0 Å². The molecular weight excluding hydrogens is 1190 g/mol. The van der Waals surface area contributed by atoms with Crippen LogP contribution in [0.5, 0.6) is 0 Å². The van der Waals surface area contributed by atoms with Crippen molar-refractivity contribution >= 4 is 48.2 Å². The molecule has 0 aliphatic heterocycles. The second-order valence-corrected chi connectivity index (χ2v) is 29.0. The molecule has 79 heavy (non-hydrogen) atoms. The number of hydrogen-bond donors (Lipinski definition) is 0. The molecule has 0 radical (unpaired) electrons. The van der Waals surface area contributed by atoms with Crippen LogP contribution >= 0.6 is 48.2 Å². The minimum absolute atomic E-state index is 0. The molecule has 0 saturated carbocycles. The van der Waals surface area contributed by atoms with Gasteiger partial charge in [0, 0.05) is 48.2 Å². The summed E-state index contributed by atoms with van der Waals surface area (Å²) < 4.78 is 61.5. The van der Waals surface area contributed by atoms with E-state index in [1.165, 1.54) is 231 Å². The van der Waals surface area contributed by atoms with Gasteiger partial charge in [0.25, 0.3) is 0 Å². The molecule has 0 aliphatic rings. The van der Waals surface area contributed by atoms with E-state index in [2.05, 4.69) is 41.5 Å². The summed E-state index contributed by atoms with van der Waals surface area (Å²) in [6.07, 6.45) is 60.9. The molecule has 0 spiro atoms. The van der Waals surface area contributed by atoms with Gasteiger partial charge in [-0.05, 0) is 75.5 Å². The first-order valence-electron chi connectivity index (χ1n) is 32.8. The van der Waals surface area contributed by atoms with Gasteiger partial charge in [-0.2, -0.15) is 0 Å². The molecule has 0 bridgehead atoms. The van der Waals surface area contributed by atoms with Gasteiger partial charge in [0.2, 0.25) is 0 Å². The van der Waals surface area contributed by atoms with Crippen LogP contribution in [-0.2, 0) is 48.5 Å². The van der Waals surface area contributed by atoms with Gasteiger partial charge in [0.15, 0.2) is 0 Å². The van der Waals surface area contributed by atoms with E-state index < -0.39 is 48.2 Å². The molecule has 0 amide bonds. The first-order valence-corrected chi connectivity index (χ1v) is 42.0. The van der Waals surface area contributed by atoms with Crippen molar-refractivity contribution in [3.63, 3.8) is 0 Å². The SMILES string of the molecule is CCCCCCCCCC[PH](=O)[O-].CCCCCCCCCC[PH](=O)[O-].CCCCCCCCCC[PH](=O)[O-].CCCCCCCCCC[PH](=O)[O-].CCCCCCCCCC[PH](=O)[O-].CCCCCCCCCC[PH](=O)[O-].[Mo+6]. The normalized spacial score (nSPS) is 12.9. The zero-order chi connectivity index (χ0) is 59.6. The first-order chi connectivity index (χ1) is 37.6. The molecular formula is C60H132MoO12P6. The van der Waals surface area contributed by atoms with Crippen molar-refractivity contribution < 1.29 is 77.8 Å². The van der Waals surface area contributed by atoms with Crippen molar-refractivity contribution in [1.29, 1.82) is 0 Å². The van der Waals surface area contributed by atoms with E-state index in [1.54, 1.807) is 0 Å². The van der Waals surface area contributed by atoms with Crippen molar-refractivity contribution in [1.82, 2.24) is 0 Å². The Hall–Kier alpha value is 1.83. The fourth-order valence-electron chi connectivity index (χ4n) is 8.42. The average molecular weight is 1330 g/mol. The van der Waals surface area contributed by atoms with Crippen molar-refractivity contribution in [2.75, 3.05) is 37.0 Å². The van der Waals surface area contributed by atoms with Crippen LogP contribution in [0.3, 0.4) is 0 Å². The van der Waals surface area contributed by atoms with Crippen molar-refractivity contribution in [2.24, 2.45) is 0 Å². The second-order valence-electron chi connectivity index (χ2n) is 21.6. The van der Waals surface area contributed by atoms with Gasteiger partial charge in [-0.25, -0.2) is 0 Å². The largest absolute Gasteiger partial charge is 6.00 e. The minimum Gasteiger partial charge on any atom is -0.802 e. The van der Waals surface area contributed by atoms with E-state index in [1.807, 2.05) is 0 Å². The Kier molecular flexibility index (Phi) is 109. The molecule has 0 aromatic carbocycles. The summed E-state index contributed by atoms with van der Waals surface area (Å²) >= 11 is 0. The Morgan fingerprint density at radius 3 is 0.316 bits per heavy atom. The molecule has 0 fully saturated rings. The third kappa shape index (κ3) is 126. The van der Waals surface area contributed by atoms with Crippen molar-refractivity contribution in [3.8, 4) is 0 Å². The molecule has 0 aromatic heterocycles. The molecule has 6 atom stereocenters. The van der Waals surface area contributed by atoms with Crippen molar-refractivity contribution in [2.45, 2.75) is 350 Å². The van der Waals surface area contributed by atoms with Crippen LogP contribution in [0, 0.1) is 0 Å². The van der Waals surface area contributed by atoms with Crippen LogP contribution in [0.25, 0.3) is 0 Å². The molecule has 12 nitrogen and oxygen atoms in total. The number of rotatable bonds is 54. The van der Waals surface area contributed by atoms with Gasteiger partial charge in [0.05, 0.1) is 0 Å². The van der Waals surface area contributed by atoms with E-state index in [4.69, 9.17) is 0 Å². The fraction of sp³-hybridized carbons (Fsp3) is 1.00. The number of unbranched alkanes of at least 4 members (excludes halogenated alkanes) is 42. The first kappa shape index (κ1) is 94.5. The van der Waals surface area contributed by atoms with E-state index in [-0.39, 0.29) is 21.1 Å². The monoisotopic (exact) mass is 1330 g/mol. The zero-order valence-electron chi connectivity index (χ0n) is 52.5. The fourth-order valence-corrected chi connectivity index (χ4v) is 11.7. The standard InChI is InChI=1S/6C10H23O2P.Mo/c6*1-2-3-4-5-6-7-8-9-10-13(11)12;/h6*13H,2-10H2,1H3,(H,11,12);/q;;;;;;+6/p-6. The quantitative estimate of drug-likeness (QED) is 0.0314. The molecule has 19 heteroatoms. The Balaban J connectivity index is -0.000000157. The van der Waals surface area contributed by atoms with Crippen LogP contribution < -0.4 is 29.4 Å². The Labute approximate surface area is 509 Å². The average Bonchev–Trinajstić information content (AvgIpc) is 3.39. The van der Waals surface area contributed by atoms with E-state index in [0.717, 1.165) is 77.0 Å². The summed E-state index contributed by atoms with van der Waals surface area (Å²) in [6.45, 7) is 13.3. The van der Waals surface area contributed by atoms with Crippen LogP contribution in [-0.4, -0.2) is 37.0 Å². The maximum atomic E-state index is 10.2. The van der Waals surface area contributed by atoms with Crippen LogP contribution in [0.15, 0.2) is 0 Å². The van der Waals surface area contributed by atoms with Crippen molar-refractivity contribution in [3.05, 3.63) is 0 Å². The van der Waals surface area contributed by atoms with Gasteiger partial charge in [-0.15, -0.1) is 0 Å². The van der Waals surface area contributed by atoms with Crippen LogP contribution in [0.2, 0.25) is 0 Å². The molecule has 0 aromatic rings. The summed E-state index contributed by atoms with van der Waals surface area (Å²) in [4.78, 5) is 61.5. The molecule has 480 valence electrons. The predicted molar refractivity (Wildman–Crippen MR) is 339 cm³/mol.